The Bertz CT molecular complexity index is 893. The average molecular weight is 407 g/mol. The van der Waals surface area contributed by atoms with Gasteiger partial charge in [-0.15, -0.1) is 0 Å². The van der Waals surface area contributed by atoms with Crippen molar-refractivity contribution < 1.29 is 18.0 Å². The molecule has 0 radical (unpaired) electrons. The number of nitrogens with zero attached hydrogens (tertiary/aromatic N) is 3. The molecule has 2 saturated heterocycles. The maximum atomic E-state index is 13.0. The van der Waals surface area contributed by atoms with E-state index in [4.69, 9.17) is 0 Å². The molecular weight excluding hydrogens is 380 g/mol. The van der Waals surface area contributed by atoms with Crippen LogP contribution < -0.4 is 5.32 Å². The quantitative estimate of drug-likeness (QED) is 0.750. The van der Waals surface area contributed by atoms with E-state index in [1.165, 1.54) is 4.31 Å². The van der Waals surface area contributed by atoms with E-state index in [0.29, 0.717) is 50.3 Å². The Balaban J connectivity index is 1.52. The Morgan fingerprint density at radius 1 is 1.07 bits per heavy atom. The van der Waals surface area contributed by atoms with Crippen LogP contribution in [0.25, 0.3) is 0 Å². The third kappa shape index (κ3) is 3.66. The summed E-state index contributed by atoms with van der Waals surface area (Å²) in [5.74, 6) is -0.167. The van der Waals surface area contributed by atoms with Gasteiger partial charge in [0.2, 0.25) is 21.8 Å². The number of benzene rings is 1. The number of amides is 2. The lowest BCUT2D eigenvalue weighted by Gasteiger charge is -2.33. The lowest BCUT2D eigenvalue weighted by Crippen LogP contribution is -2.47. The van der Waals surface area contributed by atoms with E-state index in [-0.39, 0.29) is 11.8 Å². The van der Waals surface area contributed by atoms with Gasteiger partial charge < -0.3 is 15.1 Å². The lowest BCUT2D eigenvalue weighted by molar-refractivity contribution is -0.135. The third-order valence-corrected chi connectivity index (χ3v) is 7.79. The average Bonchev–Trinajstić information content (AvgIpc) is 3.13. The molecule has 3 heterocycles. The van der Waals surface area contributed by atoms with Crippen LogP contribution in [0.15, 0.2) is 23.1 Å². The minimum atomic E-state index is -3.53. The molecule has 1 N–H and O–H groups in total. The van der Waals surface area contributed by atoms with Crippen LogP contribution in [-0.4, -0.2) is 80.2 Å². The molecule has 0 unspecified atom stereocenters. The highest BCUT2D eigenvalue weighted by atomic mass is 32.2. The van der Waals surface area contributed by atoms with Gasteiger partial charge in [-0.05, 0) is 43.1 Å². The van der Waals surface area contributed by atoms with Gasteiger partial charge in [-0.25, -0.2) is 8.42 Å². The van der Waals surface area contributed by atoms with Crippen molar-refractivity contribution in [3.05, 3.63) is 29.3 Å². The number of sulfonamides is 1. The van der Waals surface area contributed by atoms with Gasteiger partial charge in [-0.2, -0.15) is 4.31 Å². The molecule has 3 aliphatic rings. The van der Waals surface area contributed by atoms with Crippen molar-refractivity contribution in [2.75, 3.05) is 39.8 Å². The normalized spacial score (nSPS) is 24.1. The highest BCUT2D eigenvalue weighted by molar-refractivity contribution is 7.89. The van der Waals surface area contributed by atoms with Gasteiger partial charge in [0.1, 0.15) is 6.04 Å². The number of nitrogens with one attached hydrogen (secondary N) is 1. The molecule has 4 rings (SSSR count). The van der Waals surface area contributed by atoms with Crippen molar-refractivity contribution >= 4 is 21.8 Å². The maximum absolute atomic E-state index is 13.0. The lowest BCUT2D eigenvalue weighted by atomic mass is 9.99. The van der Waals surface area contributed by atoms with E-state index in [0.717, 1.165) is 24.2 Å². The molecule has 0 spiro atoms. The highest BCUT2D eigenvalue weighted by Gasteiger charge is 2.33. The van der Waals surface area contributed by atoms with E-state index in [9.17, 15) is 18.0 Å². The molecule has 0 aromatic heterocycles. The minimum Gasteiger partial charge on any atom is -0.344 e. The molecule has 28 heavy (non-hydrogen) atoms. The highest BCUT2D eigenvalue weighted by Crippen LogP contribution is 2.26. The number of hydrogen-bond donors (Lipinski definition) is 1. The van der Waals surface area contributed by atoms with Gasteiger partial charge >= 0.3 is 0 Å². The fraction of sp³-hybridized carbons (Fsp3) is 0.579. The zero-order valence-electron chi connectivity index (χ0n) is 16.1. The van der Waals surface area contributed by atoms with E-state index < -0.39 is 16.1 Å². The van der Waals surface area contributed by atoms with Gasteiger partial charge in [0.05, 0.1) is 4.90 Å². The van der Waals surface area contributed by atoms with Gasteiger partial charge in [0, 0.05) is 45.7 Å². The summed E-state index contributed by atoms with van der Waals surface area (Å²) in [5, 5.41) is 2.72. The fourth-order valence-electron chi connectivity index (χ4n) is 4.08. The Morgan fingerprint density at radius 3 is 2.50 bits per heavy atom. The van der Waals surface area contributed by atoms with E-state index in [2.05, 4.69) is 10.2 Å². The van der Waals surface area contributed by atoms with Crippen molar-refractivity contribution in [1.29, 1.82) is 0 Å². The second-order valence-electron chi connectivity index (χ2n) is 7.81. The number of piperazine rings is 1. The van der Waals surface area contributed by atoms with Gasteiger partial charge in [0.25, 0.3) is 0 Å². The second kappa shape index (κ2) is 7.46. The zero-order valence-corrected chi connectivity index (χ0v) is 16.9. The van der Waals surface area contributed by atoms with Crippen LogP contribution in [0.3, 0.4) is 0 Å². The van der Waals surface area contributed by atoms with Crippen molar-refractivity contribution in [2.24, 2.45) is 0 Å². The van der Waals surface area contributed by atoms with Gasteiger partial charge in [0.15, 0.2) is 0 Å². The molecule has 2 amide bonds. The molecule has 1 atom stereocenters. The van der Waals surface area contributed by atoms with Crippen molar-refractivity contribution in [3.8, 4) is 0 Å². The number of carbonyl (C=O) groups excluding carboxylic acids is 2. The number of likely N-dealkylation sites (N-methyl/N-ethyl adjacent to an activating group) is 1. The first-order valence-electron chi connectivity index (χ1n) is 9.73. The molecule has 0 bridgehead atoms. The molecule has 1 aromatic rings. The second-order valence-corrected chi connectivity index (χ2v) is 9.74. The number of rotatable bonds is 3. The first-order chi connectivity index (χ1) is 13.3. The Labute approximate surface area is 165 Å². The van der Waals surface area contributed by atoms with Crippen LogP contribution >= 0.6 is 0 Å². The van der Waals surface area contributed by atoms with E-state index >= 15 is 0 Å². The Hall–Kier alpha value is -1.97. The molecule has 152 valence electrons. The van der Waals surface area contributed by atoms with Crippen molar-refractivity contribution in [3.63, 3.8) is 0 Å². The predicted molar refractivity (Wildman–Crippen MR) is 103 cm³/mol. The van der Waals surface area contributed by atoms with Crippen LogP contribution in [0.2, 0.25) is 0 Å². The minimum absolute atomic E-state index is 0.0798. The topological polar surface area (TPSA) is 90.0 Å². The molecule has 8 nitrogen and oxygen atoms in total. The zero-order chi connectivity index (χ0) is 19.9. The van der Waals surface area contributed by atoms with Gasteiger partial charge in [-0.3, -0.25) is 9.59 Å². The van der Waals surface area contributed by atoms with Crippen molar-refractivity contribution in [2.45, 2.75) is 36.7 Å². The van der Waals surface area contributed by atoms with E-state index in [1.807, 2.05) is 13.1 Å². The van der Waals surface area contributed by atoms with Crippen LogP contribution in [0.5, 0.6) is 0 Å². The predicted octanol–water partition coefficient (Wildman–Crippen LogP) is -0.214. The smallest absolute Gasteiger partial charge is 0.245 e. The SMILES string of the molecule is CN1CCN(S(=O)(=O)c2ccc3c(c2)CN(C(=O)[C@@H]2CCC(=O)N2)CC3)CC1. The summed E-state index contributed by atoms with van der Waals surface area (Å²) in [7, 11) is -1.55. The monoisotopic (exact) mass is 406 g/mol. The standard InChI is InChI=1S/C19H26N4O4S/c1-21-8-10-23(11-9-21)28(26,27)16-3-2-14-6-7-22(13-15(14)12-16)19(25)17-4-5-18(24)20-17/h2-3,12,17H,4-11,13H2,1H3,(H,20,24)/t17-/m0/s1. The van der Waals surface area contributed by atoms with Crippen LogP contribution in [0.4, 0.5) is 0 Å². The molecular formula is C19H26N4O4S. The summed E-state index contributed by atoms with van der Waals surface area (Å²) in [6, 6.07) is 4.82. The van der Waals surface area contributed by atoms with Crippen molar-refractivity contribution in [1.82, 2.24) is 19.4 Å². The maximum Gasteiger partial charge on any atom is 0.245 e. The number of hydrogen-bond acceptors (Lipinski definition) is 5. The molecule has 0 saturated carbocycles. The van der Waals surface area contributed by atoms with E-state index in [1.54, 1.807) is 17.0 Å². The summed E-state index contributed by atoms with van der Waals surface area (Å²) < 4.78 is 27.6. The third-order valence-electron chi connectivity index (χ3n) is 5.90. The first-order valence-corrected chi connectivity index (χ1v) is 11.2. The molecule has 2 fully saturated rings. The summed E-state index contributed by atoms with van der Waals surface area (Å²) in [4.78, 5) is 28.2. The largest absolute Gasteiger partial charge is 0.344 e. The first kappa shape index (κ1) is 19.4. The molecule has 0 aliphatic carbocycles. The van der Waals surface area contributed by atoms with Gasteiger partial charge in [-0.1, -0.05) is 6.07 Å². The van der Waals surface area contributed by atoms with Crippen LogP contribution in [-0.2, 0) is 32.6 Å². The Kier molecular flexibility index (Phi) is 5.15. The van der Waals surface area contributed by atoms with Crippen LogP contribution in [0, 0.1) is 0 Å². The summed E-state index contributed by atoms with van der Waals surface area (Å²) >= 11 is 0. The Morgan fingerprint density at radius 2 is 1.82 bits per heavy atom. The summed E-state index contributed by atoms with van der Waals surface area (Å²) in [6.45, 7) is 3.39. The number of carbonyl (C=O) groups is 2. The molecule has 9 heteroatoms. The summed E-state index contributed by atoms with van der Waals surface area (Å²) in [5.41, 5.74) is 1.95. The fourth-order valence-corrected chi connectivity index (χ4v) is 5.55. The van der Waals surface area contributed by atoms with Crippen LogP contribution in [0.1, 0.15) is 24.0 Å². The molecule has 1 aromatic carbocycles. The number of fused-ring (bicyclic) bond motifs is 1. The summed E-state index contributed by atoms with van der Waals surface area (Å²) in [6.07, 6.45) is 1.60. The molecule has 3 aliphatic heterocycles.